The molecule has 0 aliphatic carbocycles. The molecule has 0 aromatic carbocycles. The maximum absolute atomic E-state index is 8.87. The fourth-order valence-electron chi connectivity index (χ4n) is 1.80. The molecule has 1 rings (SSSR count). The van der Waals surface area contributed by atoms with Crippen molar-refractivity contribution < 1.29 is 0 Å². The van der Waals surface area contributed by atoms with E-state index in [9.17, 15) is 0 Å². The highest BCUT2D eigenvalue weighted by molar-refractivity contribution is 5.07. The number of nitrogens with two attached hydrogens (primary N) is 1. The van der Waals surface area contributed by atoms with E-state index >= 15 is 0 Å². The van der Waals surface area contributed by atoms with Gasteiger partial charge in [-0.3, -0.25) is 0 Å². The number of hydrogen-bond acceptors (Lipinski definition) is 3. The van der Waals surface area contributed by atoms with E-state index in [-0.39, 0.29) is 0 Å². The second-order valence-electron chi connectivity index (χ2n) is 4.14. The van der Waals surface area contributed by atoms with Crippen molar-refractivity contribution in [2.24, 2.45) is 5.73 Å². The Morgan fingerprint density at radius 2 is 2.07 bits per heavy atom. The van der Waals surface area contributed by atoms with Crippen LogP contribution in [-0.2, 0) is 0 Å². The fraction of sp³-hybridized carbons (Fsp3) is 0.750. The first-order valence-corrected chi connectivity index (χ1v) is 5.52. The normalized spacial score (nSPS) is 20.1. The summed E-state index contributed by atoms with van der Waals surface area (Å²) in [7, 11) is 0. The lowest BCUT2D eigenvalue weighted by Crippen LogP contribution is -2.49. The van der Waals surface area contributed by atoms with Crippen LogP contribution in [0, 0.1) is 23.2 Å². The molecule has 0 aromatic heterocycles. The van der Waals surface area contributed by atoms with E-state index in [4.69, 9.17) is 11.0 Å². The van der Waals surface area contributed by atoms with E-state index in [1.807, 2.05) is 6.92 Å². The van der Waals surface area contributed by atoms with Crippen molar-refractivity contribution >= 4 is 0 Å². The Bertz CT molecular complexity index is 284. The van der Waals surface area contributed by atoms with Crippen LogP contribution in [0.5, 0.6) is 0 Å². The first-order chi connectivity index (χ1) is 7.20. The molecule has 0 saturated carbocycles. The van der Waals surface area contributed by atoms with Gasteiger partial charge in [-0.25, -0.2) is 0 Å². The van der Waals surface area contributed by atoms with Crippen molar-refractivity contribution in [3.63, 3.8) is 0 Å². The first kappa shape index (κ1) is 12.0. The summed E-state index contributed by atoms with van der Waals surface area (Å²) < 4.78 is 0. The average Bonchev–Trinajstić information content (AvgIpc) is 2.27. The number of piperidine rings is 1. The van der Waals surface area contributed by atoms with Gasteiger partial charge in [-0.05, 0) is 32.7 Å². The number of hydrogen-bond donors (Lipinski definition) is 1. The third-order valence-electron chi connectivity index (χ3n) is 2.92. The minimum atomic E-state index is -0.570. The molecule has 0 spiro atoms. The van der Waals surface area contributed by atoms with Crippen LogP contribution in [0.15, 0.2) is 0 Å². The predicted octanol–water partition coefficient (Wildman–Crippen LogP) is 1.11. The van der Waals surface area contributed by atoms with E-state index < -0.39 is 5.54 Å². The van der Waals surface area contributed by atoms with Gasteiger partial charge in [0.1, 0.15) is 5.54 Å². The minimum Gasteiger partial charge on any atom is -0.313 e. The summed E-state index contributed by atoms with van der Waals surface area (Å²) in [6.07, 6.45) is 3.68. The van der Waals surface area contributed by atoms with Crippen LogP contribution in [0.1, 0.15) is 32.6 Å². The molecule has 0 amide bonds. The molecular weight excluding hydrogens is 186 g/mol. The summed E-state index contributed by atoms with van der Waals surface area (Å²) in [5.41, 5.74) is 5.32. The van der Waals surface area contributed by atoms with Gasteiger partial charge in [-0.2, -0.15) is 5.26 Å². The van der Waals surface area contributed by atoms with Crippen molar-refractivity contribution in [1.29, 1.82) is 5.26 Å². The maximum Gasteiger partial charge on any atom is 0.106 e. The molecule has 3 heteroatoms. The van der Waals surface area contributed by atoms with Crippen LogP contribution in [-0.4, -0.2) is 30.1 Å². The van der Waals surface area contributed by atoms with Gasteiger partial charge in [0.15, 0.2) is 0 Å². The van der Waals surface area contributed by atoms with E-state index in [1.165, 1.54) is 0 Å². The van der Waals surface area contributed by atoms with Crippen LogP contribution in [0.4, 0.5) is 0 Å². The van der Waals surface area contributed by atoms with Gasteiger partial charge < -0.3 is 10.6 Å². The average molecular weight is 205 g/mol. The third kappa shape index (κ3) is 3.91. The Kier molecular flexibility index (Phi) is 4.62. The Hall–Kier alpha value is -1.03. The Morgan fingerprint density at radius 3 is 2.60 bits per heavy atom. The predicted molar refractivity (Wildman–Crippen MR) is 60.9 cm³/mol. The van der Waals surface area contributed by atoms with E-state index in [1.54, 1.807) is 0 Å². The molecule has 0 bridgehead atoms. The zero-order valence-corrected chi connectivity index (χ0v) is 9.42. The molecule has 0 unspecified atom stereocenters. The van der Waals surface area contributed by atoms with Crippen molar-refractivity contribution in [3.05, 3.63) is 0 Å². The van der Waals surface area contributed by atoms with Crippen LogP contribution in [0.3, 0.4) is 0 Å². The van der Waals surface area contributed by atoms with E-state index in [0.717, 1.165) is 45.3 Å². The first-order valence-electron chi connectivity index (χ1n) is 5.52. The number of likely N-dealkylation sites (tertiary alicyclic amines) is 1. The topological polar surface area (TPSA) is 53.0 Å². The molecular formula is C12H19N3. The second kappa shape index (κ2) is 5.75. The number of nitrogens with zero attached hydrogens (tertiary/aromatic N) is 2. The van der Waals surface area contributed by atoms with Gasteiger partial charge in [-0.1, -0.05) is 0 Å². The lowest BCUT2D eigenvalue weighted by Gasteiger charge is -2.34. The molecule has 3 nitrogen and oxygen atoms in total. The number of nitriles is 1. The Labute approximate surface area is 92.2 Å². The second-order valence-corrected chi connectivity index (χ2v) is 4.14. The molecule has 0 aromatic rings. The quantitative estimate of drug-likeness (QED) is 0.554. The summed E-state index contributed by atoms with van der Waals surface area (Å²) in [5, 5.41) is 8.87. The molecule has 82 valence electrons. The molecule has 0 radical (unpaired) electrons. The number of unbranched alkanes of at least 4 members (excludes halogenated alkanes) is 1. The summed E-state index contributed by atoms with van der Waals surface area (Å²) in [6.45, 7) is 4.85. The third-order valence-corrected chi connectivity index (χ3v) is 2.92. The number of rotatable bonds is 3. The standard InChI is InChI=1S/C12H19N3/c1-2-3-4-5-8-15-9-6-12(14,11-13)7-10-15/h4-10,14H2,1H3. The highest BCUT2D eigenvalue weighted by Gasteiger charge is 2.29. The molecule has 15 heavy (non-hydrogen) atoms. The molecule has 0 atom stereocenters. The Balaban J connectivity index is 2.20. The largest absolute Gasteiger partial charge is 0.313 e. The zero-order chi connectivity index (χ0) is 11.1. The molecule has 1 aliphatic rings. The van der Waals surface area contributed by atoms with Gasteiger partial charge >= 0.3 is 0 Å². The van der Waals surface area contributed by atoms with Crippen molar-refractivity contribution in [2.45, 2.75) is 38.1 Å². The van der Waals surface area contributed by atoms with Crippen molar-refractivity contribution in [1.82, 2.24) is 4.90 Å². The maximum atomic E-state index is 8.87. The Morgan fingerprint density at radius 1 is 1.40 bits per heavy atom. The monoisotopic (exact) mass is 205 g/mol. The van der Waals surface area contributed by atoms with Crippen molar-refractivity contribution in [2.75, 3.05) is 19.6 Å². The lowest BCUT2D eigenvalue weighted by atomic mass is 9.90. The van der Waals surface area contributed by atoms with E-state index in [2.05, 4.69) is 22.8 Å². The van der Waals surface area contributed by atoms with Crippen LogP contribution < -0.4 is 5.73 Å². The van der Waals surface area contributed by atoms with Crippen LogP contribution in [0.2, 0.25) is 0 Å². The van der Waals surface area contributed by atoms with Gasteiger partial charge in [0, 0.05) is 19.5 Å². The van der Waals surface area contributed by atoms with Crippen LogP contribution >= 0.6 is 0 Å². The van der Waals surface area contributed by atoms with Gasteiger partial charge in [0.05, 0.1) is 6.07 Å². The zero-order valence-electron chi connectivity index (χ0n) is 9.42. The smallest absolute Gasteiger partial charge is 0.106 e. The molecule has 2 N–H and O–H groups in total. The van der Waals surface area contributed by atoms with E-state index in [0.29, 0.717) is 0 Å². The summed E-state index contributed by atoms with van der Waals surface area (Å²) >= 11 is 0. The molecule has 1 heterocycles. The fourth-order valence-corrected chi connectivity index (χ4v) is 1.80. The van der Waals surface area contributed by atoms with Gasteiger partial charge in [0.2, 0.25) is 0 Å². The molecule has 1 saturated heterocycles. The lowest BCUT2D eigenvalue weighted by molar-refractivity contribution is 0.187. The highest BCUT2D eigenvalue weighted by atomic mass is 15.1. The SMILES string of the molecule is CC#CCCCN1CCC(N)(C#N)CC1. The minimum absolute atomic E-state index is 0.570. The van der Waals surface area contributed by atoms with Crippen molar-refractivity contribution in [3.8, 4) is 17.9 Å². The summed E-state index contributed by atoms with van der Waals surface area (Å²) in [6, 6.07) is 2.21. The van der Waals surface area contributed by atoms with Gasteiger partial charge in [-0.15, -0.1) is 11.8 Å². The summed E-state index contributed by atoms with van der Waals surface area (Å²) in [5.74, 6) is 5.96. The summed E-state index contributed by atoms with van der Waals surface area (Å²) in [4.78, 5) is 2.37. The van der Waals surface area contributed by atoms with Gasteiger partial charge in [0.25, 0.3) is 0 Å². The molecule has 1 fully saturated rings. The van der Waals surface area contributed by atoms with Crippen LogP contribution in [0.25, 0.3) is 0 Å². The molecule has 1 aliphatic heterocycles. The highest BCUT2D eigenvalue weighted by Crippen LogP contribution is 2.18.